The average molecular weight is 243 g/mol. The molecule has 0 radical (unpaired) electrons. The number of methoxy groups -OCH3 is 1. The molecule has 0 bridgehead atoms. The fraction of sp³-hybridized carbons (Fsp3) is 0.438. The Morgan fingerprint density at radius 2 is 2.22 bits per heavy atom. The van der Waals surface area contributed by atoms with Gasteiger partial charge in [0, 0.05) is 12.0 Å². The monoisotopic (exact) mass is 243 g/mol. The van der Waals surface area contributed by atoms with Gasteiger partial charge in [-0.2, -0.15) is 5.26 Å². The zero-order valence-electron chi connectivity index (χ0n) is 11.3. The van der Waals surface area contributed by atoms with Crippen LogP contribution in [-0.2, 0) is 6.42 Å². The largest absolute Gasteiger partial charge is 0.496 e. The van der Waals surface area contributed by atoms with E-state index in [2.05, 4.69) is 31.2 Å². The van der Waals surface area contributed by atoms with Gasteiger partial charge in [-0.15, -0.1) is 0 Å². The predicted molar refractivity (Wildman–Crippen MR) is 75.5 cm³/mol. The highest BCUT2D eigenvalue weighted by atomic mass is 16.5. The van der Waals surface area contributed by atoms with Gasteiger partial charge in [-0.3, -0.25) is 0 Å². The minimum Gasteiger partial charge on any atom is -0.496 e. The molecule has 2 heteroatoms. The highest BCUT2D eigenvalue weighted by Gasteiger charge is 2.05. The van der Waals surface area contributed by atoms with E-state index < -0.39 is 0 Å². The van der Waals surface area contributed by atoms with Gasteiger partial charge in [0.15, 0.2) is 0 Å². The topological polar surface area (TPSA) is 33.0 Å². The number of ether oxygens (including phenoxy) is 1. The van der Waals surface area contributed by atoms with Crippen molar-refractivity contribution in [3.8, 4) is 11.8 Å². The van der Waals surface area contributed by atoms with Crippen molar-refractivity contribution in [2.24, 2.45) is 0 Å². The average Bonchev–Trinajstić information content (AvgIpc) is 2.40. The van der Waals surface area contributed by atoms with E-state index in [0.29, 0.717) is 6.42 Å². The molecular formula is C16H21NO. The number of nitrogens with zero attached hydrogens (tertiary/aromatic N) is 1. The van der Waals surface area contributed by atoms with Gasteiger partial charge in [0.1, 0.15) is 5.75 Å². The van der Waals surface area contributed by atoms with Gasteiger partial charge in [-0.25, -0.2) is 0 Å². The predicted octanol–water partition coefficient (Wildman–Crippen LogP) is 4.35. The maximum absolute atomic E-state index is 8.47. The third-order valence-electron chi connectivity index (χ3n) is 2.85. The quantitative estimate of drug-likeness (QED) is 0.667. The molecule has 0 aromatic heterocycles. The van der Waals surface area contributed by atoms with Crippen LogP contribution in [-0.4, -0.2) is 7.11 Å². The SMILES string of the molecule is CCCc1c(/C=C\CCCC#N)cccc1OC. The number of unbranched alkanes of at least 4 members (excludes halogenated alkanes) is 2. The van der Waals surface area contributed by atoms with Crippen LogP contribution in [0.5, 0.6) is 5.75 Å². The van der Waals surface area contributed by atoms with Gasteiger partial charge in [0.25, 0.3) is 0 Å². The molecule has 0 heterocycles. The Morgan fingerprint density at radius 1 is 1.39 bits per heavy atom. The van der Waals surface area contributed by atoms with Crippen LogP contribution in [0.15, 0.2) is 24.3 Å². The van der Waals surface area contributed by atoms with Gasteiger partial charge >= 0.3 is 0 Å². The normalized spacial score (nSPS) is 10.5. The number of nitriles is 1. The van der Waals surface area contributed by atoms with Crippen LogP contribution in [0.3, 0.4) is 0 Å². The Balaban J connectivity index is 2.77. The molecule has 0 atom stereocenters. The third-order valence-corrected chi connectivity index (χ3v) is 2.85. The van der Waals surface area contributed by atoms with Crippen LogP contribution >= 0.6 is 0 Å². The maximum Gasteiger partial charge on any atom is 0.122 e. The van der Waals surface area contributed by atoms with Crippen LogP contribution in [0.1, 0.15) is 43.7 Å². The molecule has 1 aromatic carbocycles. The number of allylic oxidation sites excluding steroid dienone is 1. The van der Waals surface area contributed by atoms with E-state index in [1.54, 1.807) is 7.11 Å². The van der Waals surface area contributed by atoms with Crippen LogP contribution in [0, 0.1) is 11.3 Å². The molecule has 18 heavy (non-hydrogen) atoms. The summed E-state index contributed by atoms with van der Waals surface area (Å²) in [5.41, 5.74) is 2.51. The van der Waals surface area contributed by atoms with Crippen molar-refractivity contribution in [1.82, 2.24) is 0 Å². The number of hydrogen-bond donors (Lipinski definition) is 0. The van der Waals surface area contributed by atoms with Crippen molar-refractivity contribution in [3.63, 3.8) is 0 Å². The fourth-order valence-corrected chi connectivity index (χ4v) is 1.96. The van der Waals surface area contributed by atoms with Crippen molar-refractivity contribution in [2.45, 2.75) is 39.0 Å². The first-order valence-corrected chi connectivity index (χ1v) is 6.52. The number of benzene rings is 1. The molecule has 0 N–H and O–H groups in total. The van der Waals surface area contributed by atoms with Gasteiger partial charge in [-0.1, -0.05) is 37.6 Å². The zero-order chi connectivity index (χ0) is 13.2. The third kappa shape index (κ3) is 4.25. The molecular weight excluding hydrogens is 222 g/mol. The second-order valence-corrected chi connectivity index (χ2v) is 4.23. The van der Waals surface area contributed by atoms with Crippen molar-refractivity contribution in [2.75, 3.05) is 7.11 Å². The lowest BCUT2D eigenvalue weighted by molar-refractivity contribution is 0.409. The van der Waals surface area contributed by atoms with E-state index in [-0.39, 0.29) is 0 Å². The van der Waals surface area contributed by atoms with Crippen molar-refractivity contribution in [3.05, 3.63) is 35.4 Å². The summed E-state index contributed by atoms with van der Waals surface area (Å²) in [4.78, 5) is 0. The maximum atomic E-state index is 8.47. The molecule has 96 valence electrons. The van der Waals surface area contributed by atoms with E-state index in [1.165, 1.54) is 11.1 Å². The molecule has 0 amide bonds. The smallest absolute Gasteiger partial charge is 0.122 e. The van der Waals surface area contributed by atoms with Gasteiger partial charge in [-0.05, 0) is 30.9 Å². The zero-order valence-corrected chi connectivity index (χ0v) is 11.3. The highest BCUT2D eigenvalue weighted by molar-refractivity contribution is 5.58. The van der Waals surface area contributed by atoms with Crippen LogP contribution in [0.4, 0.5) is 0 Å². The summed E-state index contributed by atoms with van der Waals surface area (Å²) < 4.78 is 5.41. The molecule has 2 nitrogen and oxygen atoms in total. The first-order chi connectivity index (χ1) is 8.83. The Labute approximate surface area is 110 Å². The standard InChI is InChI=1S/C16H21NO/c1-3-9-15-14(10-6-4-5-7-13-17)11-8-12-16(15)18-2/h6,8,10-12H,3-5,7,9H2,1-2H3/b10-6-. The molecule has 0 spiro atoms. The van der Waals surface area contributed by atoms with Gasteiger partial charge < -0.3 is 4.74 Å². The molecule has 0 aliphatic carbocycles. The number of rotatable bonds is 7. The Bertz CT molecular complexity index is 429. The summed E-state index contributed by atoms with van der Waals surface area (Å²) in [6, 6.07) is 8.31. The molecule has 1 rings (SSSR count). The van der Waals surface area contributed by atoms with Crippen molar-refractivity contribution < 1.29 is 4.74 Å². The summed E-state index contributed by atoms with van der Waals surface area (Å²) in [7, 11) is 1.72. The lowest BCUT2D eigenvalue weighted by atomic mass is 10.0. The molecule has 0 aliphatic rings. The minimum absolute atomic E-state index is 0.629. The van der Waals surface area contributed by atoms with E-state index in [4.69, 9.17) is 10.00 Å². The van der Waals surface area contributed by atoms with Gasteiger partial charge in [0.2, 0.25) is 0 Å². The lowest BCUT2D eigenvalue weighted by Gasteiger charge is -2.10. The second kappa shape index (κ2) is 8.36. The molecule has 0 saturated heterocycles. The second-order valence-electron chi connectivity index (χ2n) is 4.23. The Kier molecular flexibility index (Phi) is 6.64. The Hall–Kier alpha value is -1.75. The molecule has 0 fully saturated rings. The molecule has 0 aliphatic heterocycles. The lowest BCUT2D eigenvalue weighted by Crippen LogP contribution is -1.94. The van der Waals surface area contributed by atoms with Crippen LogP contribution in [0.2, 0.25) is 0 Å². The van der Waals surface area contributed by atoms with E-state index in [1.807, 2.05) is 12.1 Å². The summed E-state index contributed by atoms with van der Waals surface area (Å²) in [5.74, 6) is 0.969. The van der Waals surface area contributed by atoms with Crippen LogP contribution in [0.25, 0.3) is 6.08 Å². The number of hydrogen-bond acceptors (Lipinski definition) is 2. The molecule has 0 unspecified atom stereocenters. The minimum atomic E-state index is 0.629. The Morgan fingerprint density at radius 3 is 2.89 bits per heavy atom. The fourth-order valence-electron chi connectivity index (χ4n) is 1.96. The van der Waals surface area contributed by atoms with E-state index >= 15 is 0 Å². The van der Waals surface area contributed by atoms with Gasteiger partial charge in [0.05, 0.1) is 13.2 Å². The van der Waals surface area contributed by atoms with Crippen molar-refractivity contribution >= 4 is 6.08 Å². The molecule has 1 aromatic rings. The summed E-state index contributed by atoms with van der Waals surface area (Å²) >= 11 is 0. The van der Waals surface area contributed by atoms with E-state index in [0.717, 1.165) is 31.4 Å². The van der Waals surface area contributed by atoms with Crippen molar-refractivity contribution in [1.29, 1.82) is 5.26 Å². The summed E-state index contributed by atoms with van der Waals surface area (Å²) in [6.07, 6.45) is 8.94. The van der Waals surface area contributed by atoms with Crippen LogP contribution < -0.4 is 4.74 Å². The first kappa shape index (κ1) is 14.3. The summed E-state index contributed by atoms with van der Waals surface area (Å²) in [6.45, 7) is 2.17. The molecule has 0 saturated carbocycles. The summed E-state index contributed by atoms with van der Waals surface area (Å²) in [5, 5.41) is 8.47. The van der Waals surface area contributed by atoms with E-state index in [9.17, 15) is 0 Å². The highest BCUT2D eigenvalue weighted by Crippen LogP contribution is 2.25. The first-order valence-electron chi connectivity index (χ1n) is 6.52.